The van der Waals surface area contributed by atoms with Gasteiger partial charge in [0.05, 0.1) is 16.7 Å². The minimum absolute atomic E-state index is 0.386. The van der Waals surface area contributed by atoms with Crippen LogP contribution in [0.2, 0.25) is 0 Å². The summed E-state index contributed by atoms with van der Waals surface area (Å²) in [5, 5.41) is 21.5. The van der Waals surface area contributed by atoms with Crippen molar-refractivity contribution in [2.75, 3.05) is 17.6 Å². The topological polar surface area (TPSA) is 73.1 Å². The molecule has 19 heavy (non-hydrogen) atoms. The smallest absolute Gasteiger partial charge is 0.311 e. The summed E-state index contributed by atoms with van der Waals surface area (Å²) in [6.07, 6.45) is 1.42. The maximum Gasteiger partial charge on any atom is 0.311 e. The second-order valence-electron chi connectivity index (χ2n) is 4.66. The molecule has 1 aromatic rings. The van der Waals surface area contributed by atoms with Crippen LogP contribution in [-0.4, -0.2) is 23.4 Å². The van der Waals surface area contributed by atoms with Gasteiger partial charge in [-0.05, 0) is 30.7 Å². The molecule has 1 fully saturated rings. The zero-order chi connectivity index (χ0) is 13.9. The van der Waals surface area contributed by atoms with Gasteiger partial charge in [0.25, 0.3) is 0 Å². The Morgan fingerprint density at radius 3 is 2.84 bits per heavy atom. The van der Waals surface area contributed by atoms with E-state index in [0.717, 1.165) is 16.3 Å². The molecule has 0 amide bonds. The highest BCUT2D eigenvalue weighted by atomic mass is 32.2. The summed E-state index contributed by atoms with van der Waals surface area (Å²) in [4.78, 5) is 12.1. The fourth-order valence-electron chi connectivity index (χ4n) is 1.95. The molecule has 100 valence electrons. The number of thioether (sulfide) groups is 1. The third-order valence-corrected chi connectivity index (χ3v) is 4.30. The van der Waals surface area contributed by atoms with Gasteiger partial charge in [0.2, 0.25) is 0 Å². The van der Waals surface area contributed by atoms with E-state index in [9.17, 15) is 10.1 Å². The summed E-state index contributed by atoms with van der Waals surface area (Å²) < 4.78 is 0. The number of benzene rings is 1. The van der Waals surface area contributed by atoms with Crippen LogP contribution in [0.4, 0.5) is 5.69 Å². The van der Waals surface area contributed by atoms with Crippen molar-refractivity contribution in [1.82, 2.24) is 0 Å². The van der Waals surface area contributed by atoms with E-state index in [1.54, 1.807) is 11.8 Å². The Balaban J connectivity index is 2.15. The molecular weight excluding hydrogens is 260 g/mol. The van der Waals surface area contributed by atoms with Crippen molar-refractivity contribution in [3.05, 3.63) is 23.8 Å². The first-order valence-corrected chi connectivity index (χ1v) is 7.25. The number of hydrogen-bond acceptors (Lipinski definition) is 4. The van der Waals surface area contributed by atoms with Crippen molar-refractivity contribution in [1.29, 1.82) is 5.26 Å². The molecule has 0 heterocycles. The fraction of sp³-hybridized carbons (Fsp3) is 0.429. The number of nitrogens with zero attached hydrogens (tertiary/aromatic N) is 1. The lowest BCUT2D eigenvalue weighted by atomic mass is 10.1. The van der Waals surface area contributed by atoms with Crippen LogP contribution in [0.15, 0.2) is 23.1 Å². The zero-order valence-electron chi connectivity index (χ0n) is 10.8. The maximum absolute atomic E-state index is 11.1. The minimum atomic E-state index is -0.752. The first kappa shape index (κ1) is 13.8. The third-order valence-electron chi connectivity index (χ3n) is 3.36. The molecule has 0 aliphatic heterocycles. The van der Waals surface area contributed by atoms with E-state index in [1.165, 1.54) is 0 Å². The van der Waals surface area contributed by atoms with Gasteiger partial charge in [-0.25, -0.2) is 0 Å². The first-order valence-electron chi connectivity index (χ1n) is 6.26. The van der Waals surface area contributed by atoms with E-state index in [-0.39, 0.29) is 0 Å². The predicted octanol–water partition coefficient (Wildman–Crippen LogP) is 2.95. The number of nitrogens with one attached hydrogen (secondary N) is 1. The number of carboxylic acid groups (broad SMARTS) is 1. The van der Waals surface area contributed by atoms with E-state index in [1.807, 2.05) is 25.1 Å². The quantitative estimate of drug-likeness (QED) is 0.781. The Labute approximate surface area is 116 Å². The Hall–Kier alpha value is -1.67. The monoisotopic (exact) mass is 276 g/mol. The number of hydrogen-bond donors (Lipinski definition) is 2. The molecule has 0 radical (unpaired) electrons. The summed E-state index contributed by atoms with van der Waals surface area (Å²) in [6, 6.07) is 7.84. The largest absolute Gasteiger partial charge is 0.481 e. The van der Waals surface area contributed by atoms with Crippen molar-refractivity contribution in [3.8, 4) is 6.07 Å². The highest BCUT2D eigenvalue weighted by Crippen LogP contribution is 2.46. The molecule has 0 saturated heterocycles. The van der Waals surface area contributed by atoms with Crippen molar-refractivity contribution in [2.45, 2.75) is 24.7 Å². The van der Waals surface area contributed by atoms with Crippen LogP contribution < -0.4 is 5.32 Å². The highest BCUT2D eigenvalue weighted by Gasteiger charge is 2.50. The van der Waals surface area contributed by atoms with Gasteiger partial charge in [-0.15, -0.1) is 11.8 Å². The second kappa shape index (κ2) is 5.54. The van der Waals surface area contributed by atoms with Gasteiger partial charge in [0, 0.05) is 11.4 Å². The van der Waals surface area contributed by atoms with Gasteiger partial charge in [-0.3, -0.25) is 4.79 Å². The van der Waals surface area contributed by atoms with Crippen LogP contribution in [0.5, 0.6) is 0 Å². The van der Waals surface area contributed by atoms with Crippen LogP contribution in [0.1, 0.15) is 25.3 Å². The standard InChI is InChI=1S/C14H16N2O2S/c1-2-19-12-5-3-4-11(10(12)8-15)16-9-14(6-7-14)13(17)18/h3-5,16H,2,6-7,9H2,1H3,(H,17,18). The normalized spacial score (nSPS) is 15.6. The first-order chi connectivity index (χ1) is 9.13. The second-order valence-corrected chi connectivity index (χ2v) is 5.97. The Bertz CT molecular complexity index is 533. The molecule has 1 aliphatic carbocycles. The molecule has 0 bridgehead atoms. The van der Waals surface area contributed by atoms with E-state index >= 15 is 0 Å². The zero-order valence-corrected chi connectivity index (χ0v) is 11.6. The van der Waals surface area contributed by atoms with Gasteiger partial charge < -0.3 is 10.4 Å². The Morgan fingerprint density at radius 2 is 2.32 bits per heavy atom. The van der Waals surface area contributed by atoms with Crippen molar-refractivity contribution >= 4 is 23.4 Å². The Morgan fingerprint density at radius 1 is 1.58 bits per heavy atom. The molecule has 2 N–H and O–H groups in total. The summed E-state index contributed by atoms with van der Waals surface area (Å²) in [7, 11) is 0. The van der Waals surface area contributed by atoms with E-state index < -0.39 is 11.4 Å². The third kappa shape index (κ3) is 2.85. The Kier molecular flexibility index (Phi) is 4.01. The van der Waals surface area contributed by atoms with Crippen LogP contribution in [0.3, 0.4) is 0 Å². The number of aliphatic carboxylic acids is 1. The number of carbonyl (C=O) groups is 1. The molecule has 1 aromatic carbocycles. The molecule has 5 heteroatoms. The number of rotatable bonds is 6. The molecule has 1 saturated carbocycles. The molecule has 0 aromatic heterocycles. The average molecular weight is 276 g/mol. The number of nitriles is 1. The molecule has 4 nitrogen and oxygen atoms in total. The van der Waals surface area contributed by atoms with Crippen LogP contribution >= 0.6 is 11.8 Å². The highest BCUT2D eigenvalue weighted by molar-refractivity contribution is 7.99. The molecule has 2 rings (SSSR count). The lowest BCUT2D eigenvalue weighted by molar-refractivity contribution is -0.142. The summed E-state index contributed by atoms with van der Waals surface area (Å²) in [5.74, 6) is 0.148. The van der Waals surface area contributed by atoms with Gasteiger partial charge in [-0.2, -0.15) is 5.26 Å². The molecule has 0 atom stereocenters. The van der Waals surface area contributed by atoms with Crippen LogP contribution in [0, 0.1) is 16.7 Å². The van der Waals surface area contributed by atoms with Crippen LogP contribution in [0.25, 0.3) is 0 Å². The van der Waals surface area contributed by atoms with E-state index in [4.69, 9.17) is 5.11 Å². The lowest BCUT2D eigenvalue weighted by Crippen LogP contribution is -2.24. The van der Waals surface area contributed by atoms with Gasteiger partial charge in [0.1, 0.15) is 6.07 Å². The number of carboxylic acids is 1. The van der Waals surface area contributed by atoms with E-state index in [2.05, 4.69) is 11.4 Å². The van der Waals surface area contributed by atoms with Crippen molar-refractivity contribution in [2.24, 2.45) is 5.41 Å². The van der Waals surface area contributed by atoms with Crippen molar-refractivity contribution < 1.29 is 9.90 Å². The molecule has 1 aliphatic rings. The molecular formula is C14H16N2O2S. The average Bonchev–Trinajstić information content (AvgIpc) is 3.18. The van der Waals surface area contributed by atoms with Crippen molar-refractivity contribution in [3.63, 3.8) is 0 Å². The van der Waals surface area contributed by atoms with Gasteiger partial charge in [-0.1, -0.05) is 13.0 Å². The minimum Gasteiger partial charge on any atom is -0.481 e. The summed E-state index contributed by atoms with van der Waals surface area (Å²) >= 11 is 1.62. The van der Waals surface area contributed by atoms with Gasteiger partial charge in [0.15, 0.2) is 0 Å². The molecule has 0 unspecified atom stereocenters. The van der Waals surface area contributed by atoms with E-state index in [0.29, 0.717) is 24.9 Å². The fourth-order valence-corrected chi connectivity index (χ4v) is 2.74. The predicted molar refractivity (Wildman–Crippen MR) is 75.3 cm³/mol. The SMILES string of the molecule is CCSc1cccc(NCC2(C(=O)O)CC2)c1C#N. The maximum atomic E-state index is 11.1. The summed E-state index contributed by atoms with van der Waals surface area (Å²) in [5.41, 5.74) is 0.713. The van der Waals surface area contributed by atoms with Gasteiger partial charge >= 0.3 is 5.97 Å². The molecule has 0 spiro atoms. The van der Waals surface area contributed by atoms with Crippen LogP contribution in [-0.2, 0) is 4.79 Å². The summed E-state index contributed by atoms with van der Waals surface area (Å²) in [6.45, 7) is 2.42. The lowest BCUT2D eigenvalue weighted by Gasteiger charge is -2.14. The number of anilines is 1.